The van der Waals surface area contributed by atoms with Crippen LogP contribution in [0.3, 0.4) is 0 Å². The van der Waals surface area contributed by atoms with Crippen LogP contribution in [0.2, 0.25) is 0 Å². The maximum absolute atomic E-state index is 5.76. The lowest BCUT2D eigenvalue weighted by molar-refractivity contribution is 0.287. The third kappa shape index (κ3) is 6.41. The Kier molecular flexibility index (Phi) is 8.58. The van der Waals surface area contributed by atoms with Gasteiger partial charge in [-0.25, -0.2) is 0 Å². The van der Waals surface area contributed by atoms with Crippen LogP contribution < -0.4 is 14.8 Å². The molecule has 1 N–H and O–H groups in total. The zero-order valence-corrected chi connectivity index (χ0v) is 18.5. The van der Waals surface area contributed by atoms with Crippen LogP contribution in [0.5, 0.6) is 11.5 Å². The quantitative estimate of drug-likeness (QED) is 0.545. The lowest BCUT2D eigenvalue weighted by Gasteiger charge is -2.26. The van der Waals surface area contributed by atoms with E-state index in [1.807, 2.05) is 19.9 Å². The van der Waals surface area contributed by atoms with Crippen LogP contribution in [-0.4, -0.2) is 29.8 Å². The number of rotatable bonds is 9. The van der Waals surface area contributed by atoms with Crippen LogP contribution in [0.25, 0.3) is 0 Å². The molecule has 0 aliphatic rings. The number of benzene rings is 2. The van der Waals surface area contributed by atoms with Crippen molar-refractivity contribution in [3.05, 3.63) is 53.1 Å². The molecule has 0 aromatic heterocycles. The Bertz CT molecular complexity index is 772. The minimum absolute atomic E-state index is 0.606. The Morgan fingerprint density at radius 3 is 2.18 bits per heavy atom. The number of nitrogens with one attached hydrogen (secondary N) is 1. The molecule has 2 aromatic carbocycles. The van der Waals surface area contributed by atoms with Crippen molar-refractivity contribution >= 4 is 23.0 Å². The van der Waals surface area contributed by atoms with E-state index in [2.05, 4.69) is 61.3 Å². The van der Waals surface area contributed by atoms with Gasteiger partial charge in [0.15, 0.2) is 16.6 Å². The van der Waals surface area contributed by atoms with Crippen LogP contribution in [-0.2, 0) is 6.54 Å². The summed E-state index contributed by atoms with van der Waals surface area (Å²) in [7, 11) is 0. The second-order valence-electron chi connectivity index (χ2n) is 6.88. The van der Waals surface area contributed by atoms with Gasteiger partial charge in [-0.2, -0.15) is 0 Å². The van der Waals surface area contributed by atoms with Crippen LogP contribution in [0.1, 0.15) is 43.9 Å². The number of hydrogen-bond donors (Lipinski definition) is 1. The Morgan fingerprint density at radius 2 is 1.57 bits per heavy atom. The number of aryl methyl sites for hydroxylation is 2. The van der Waals surface area contributed by atoms with Gasteiger partial charge in [-0.3, -0.25) is 0 Å². The fourth-order valence-corrected chi connectivity index (χ4v) is 3.46. The van der Waals surface area contributed by atoms with E-state index in [-0.39, 0.29) is 0 Å². The van der Waals surface area contributed by atoms with Gasteiger partial charge in [-0.15, -0.1) is 0 Å². The maximum atomic E-state index is 5.76. The smallest absolute Gasteiger partial charge is 0.173 e. The number of hydrogen-bond acceptors (Lipinski definition) is 3. The monoisotopic (exact) mass is 400 g/mol. The van der Waals surface area contributed by atoms with Crippen molar-refractivity contribution in [1.82, 2.24) is 4.90 Å². The summed E-state index contributed by atoms with van der Waals surface area (Å²) >= 11 is 5.72. The predicted octanol–water partition coefficient (Wildman–Crippen LogP) is 5.71. The topological polar surface area (TPSA) is 33.7 Å². The van der Waals surface area contributed by atoms with Gasteiger partial charge in [0, 0.05) is 18.8 Å². The van der Waals surface area contributed by atoms with E-state index in [1.54, 1.807) is 0 Å². The fraction of sp³-hybridized carbons (Fsp3) is 0.435. The lowest BCUT2D eigenvalue weighted by atomic mass is 10.1. The summed E-state index contributed by atoms with van der Waals surface area (Å²) in [4.78, 5) is 2.19. The average Bonchev–Trinajstić information content (AvgIpc) is 2.63. The predicted molar refractivity (Wildman–Crippen MR) is 122 cm³/mol. The van der Waals surface area contributed by atoms with Crippen molar-refractivity contribution < 1.29 is 9.47 Å². The summed E-state index contributed by atoms with van der Waals surface area (Å²) in [6, 6.07) is 12.5. The molecule has 0 amide bonds. The molecule has 0 atom stereocenters. The first-order valence-electron chi connectivity index (χ1n) is 9.99. The minimum Gasteiger partial charge on any atom is -0.490 e. The second-order valence-corrected chi connectivity index (χ2v) is 7.26. The van der Waals surface area contributed by atoms with Gasteiger partial charge in [0.1, 0.15) is 0 Å². The minimum atomic E-state index is 0.606. The Balaban J connectivity index is 2.16. The molecule has 0 heterocycles. The molecule has 5 heteroatoms. The zero-order chi connectivity index (χ0) is 20.5. The summed E-state index contributed by atoms with van der Waals surface area (Å²) in [5.74, 6) is 1.57. The molecule has 0 spiro atoms. The largest absolute Gasteiger partial charge is 0.490 e. The molecule has 4 nitrogen and oxygen atoms in total. The molecule has 0 fully saturated rings. The van der Waals surface area contributed by atoms with E-state index in [9.17, 15) is 0 Å². The molecule has 2 aromatic rings. The van der Waals surface area contributed by atoms with Gasteiger partial charge in [0.05, 0.1) is 13.2 Å². The van der Waals surface area contributed by atoms with Crippen molar-refractivity contribution in [1.29, 1.82) is 0 Å². The molecular weight excluding hydrogens is 368 g/mol. The van der Waals surface area contributed by atoms with Crippen molar-refractivity contribution in [3.8, 4) is 11.5 Å². The third-order valence-corrected chi connectivity index (χ3v) is 4.60. The molecule has 0 unspecified atom stereocenters. The van der Waals surface area contributed by atoms with Crippen LogP contribution >= 0.6 is 12.2 Å². The van der Waals surface area contributed by atoms with Gasteiger partial charge in [0.25, 0.3) is 0 Å². The van der Waals surface area contributed by atoms with Crippen LogP contribution in [0.4, 0.5) is 5.69 Å². The van der Waals surface area contributed by atoms with E-state index < -0.39 is 0 Å². The first-order chi connectivity index (χ1) is 13.5. The molecule has 0 aliphatic carbocycles. The average molecular weight is 401 g/mol. The standard InChI is InChI=1S/C23H32N2O2S/c1-6-11-25(23(28)24-20-13-17(4)12-18(5)14-20)16-19-9-10-21(26-7-2)22(15-19)27-8-3/h9-10,12-15H,6-8,11,16H2,1-5H3,(H,24,28). The highest BCUT2D eigenvalue weighted by molar-refractivity contribution is 7.80. The molecule has 28 heavy (non-hydrogen) atoms. The molecule has 0 radical (unpaired) electrons. The maximum Gasteiger partial charge on any atom is 0.173 e. The van der Waals surface area contributed by atoms with Gasteiger partial charge in [-0.1, -0.05) is 19.1 Å². The number of thiocarbonyl (C=S) groups is 1. The second kappa shape index (κ2) is 10.9. The molecule has 2 rings (SSSR count). The van der Waals surface area contributed by atoms with E-state index in [1.165, 1.54) is 11.1 Å². The van der Waals surface area contributed by atoms with Crippen LogP contribution in [0.15, 0.2) is 36.4 Å². The molecular formula is C23H32N2O2S. The Hall–Kier alpha value is -2.27. The first kappa shape index (κ1) is 22.0. The van der Waals surface area contributed by atoms with Crippen molar-refractivity contribution in [3.63, 3.8) is 0 Å². The SMILES string of the molecule is CCCN(Cc1ccc(OCC)c(OCC)c1)C(=S)Nc1cc(C)cc(C)c1. The summed E-state index contributed by atoms with van der Waals surface area (Å²) in [6.45, 7) is 13.1. The highest BCUT2D eigenvalue weighted by atomic mass is 32.1. The van der Waals surface area contributed by atoms with Crippen molar-refractivity contribution in [2.24, 2.45) is 0 Å². The molecule has 0 saturated heterocycles. The normalized spacial score (nSPS) is 10.5. The molecule has 152 valence electrons. The summed E-state index contributed by atoms with van der Waals surface area (Å²) < 4.78 is 11.4. The van der Waals surface area contributed by atoms with E-state index in [0.717, 1.165) is 47.4 Å². The molecule has 0 saturated carbocycles. The van der Waals surface area contributed by atoms with Gasteiger partial charge < -0.3 is 19.7 Å². The number of anilines is 1. The van der Waals surface area contributed by atoms with E-state index >= 15 is 0 Å². The fourth-order valence-electron chi connectivity index (χ4n) is 3.19. The lowest BCUT2D eigenvalue weighted by Crippen LogP contribution is -2.34. The van der Waals surface area contributed by atoms with E-state index in [4.69, 9.17) is 21.7 Å². The van der Waals surface area contributed by atoms with Crippen LogP contribution in [0, 0.1) is 13.8 Å². The van der Waals surface area contributed by atoms with Crippen molar-refractivity contribution in [2.45, 2.75) is 47.6 Å². The summed E-state index contributed by atoms with van der Waals surface area (Å²) in [5, 5.41) is 4.14. The van der Waals surface area contributed by atoms with E-state index in [0.29, 0.717) is 13.2 Å². The van der Waals surface area contributed by atoms with Gasteiger partial charge >= 0.3 is 0 Å². The Labute approximate surface area is 174 Å². The Morgan fingerprint density at radius 1 is 0.929 bits per heavy atom. The molecule has 0 aliphatic heterocycles. The third-order valence-electron chi connectivity index (χ3n) is 4.23. The zero-order valence-electron chi connectivity index (χ0n) is 17.7. The highest BCUT2D eigenvalue weighted by Crippen LogP contribution is 2.29. The summed E-state index contributed by atoms with van der Waals surface area (Å²) in [6.07, 6.45) is 1.02. The first-order valence-corrected chi connectivity index (χ1v) is 10.4. The highest BCUT2D eigenvalue weighted by Gasteiger charge is 2.13. The van der Waals surface area contributed by atoms with Crippen molar-refractivity contribution in [2.75, 3.05) is 25.1 Å². The molecule has 0 bridgehead atoms. The van der Waals surface area contributed by atoms with Gasteiger partial charge in [0.2, 0.25) is 0 Å². The number of ether oxygens (including phenoxy) is 2. The van der Waals surface area contributed by atoms with Gasteiger partial charge in [-0.05, 0) is 87.3 Å². The number of nitrogens with zero attached hydrogens (tertiary/aromatic N) is 1. The summed E-state index contributed by atoms with van der Waals surface area (Å²) in [5.41, 5.74) is 4.62.